The Morgan fingerprint density at radius 3 is 2.62 bits per heavy atom. The van der Waals surface area contributed by atoms with Crippen LogP contribution in [0.1, 0.15) is 11.1 Å². The van der Waals surface area contributed by atoms with Crippen molar-refractivity contribution in [2.75, 3.05) is 0 Å². The molecule has 3 nitrogen and oxygen atoms in total. The monoisotopic (exact) mass is 339 g/mol. The number of benzene rings is 2. The van der Waals surface area contributed by atoms with Gasteiger partial charge in [-0.3, -0.25) is 0 Å². The molecule has 0 N–H and O–H groups in total. The average molecular weight is 339 g/mol. The fourth-order valence-electron chi connectivity index (χ4n) is 4.07. The highest BCUT2D eigenvalue weighted by atomic mass is 16.3. The second-order valence-electron chi connectivity index (χ2n) is 6.91. The summed E-state index contributed by atoms with van der Waals surface area (Å²) in [7, 11) is 2.09. The highest BCUT2D eigenvalue weighted by molar-refractivity contribution is 6.12. The summed E-state index contributed by atoms with van der Waals surface area (Å²) in [5.74, 6) is 0. The second kappa shape index (κ2) is 5.40. The molecule has 2 aromatic carbocycles. The molecule has 0 bridgehead atoms. The van der Waals surface area contributed by atoms with Crippen molar-refractivity contribution >= 4 is 32.8 Å². The van der Waals surface area contributed by atoms with Crippen molar-refractivity contribution in [3.05, 3.63) is 72.1 Å². The Bertz CT molecular complexity index is 1310. The molecule has 0 radical (unpaired) electrons. The lowest BCUT2D eigenvalue weighted by atomic mass is 9.95. The van der Waals surface area contributed by atoms with Crippen molar-refractivity contribution in [3.8, 4) is 11.3 Å². The van der Waals surface area contributed by atoms with Crippen molar-refractivity contribution in [1.29, 1.82) is 0 Å². The predicted molar refractivity (Wildman–Crippen MR) is 105 cm³/mol. The Morgan fingerprint density at radius 2 is 1.73 bits per heavy atom. The fourth-order valence-corrected chi connectivity index (χ4v) is 4.07. The van der Waals surface area contributed by atoms with Gasteiger partial charge in [-0.15, -0.1) is 0 Å². The Morgan fingerprint density at radius 1 is 0.923 bits per heavy atom. The van der Waals surface area contributed by atoms with E-state index < -0.39 is 0 Å². The summed E-state index contributed by atoms with van der Waals surface area (Å²) in [4.78, 5) is 4.44. The minimum absolute atomic E-state index is 0.695. The van der Waals surface area contributed by atoms with E-state index in [2.05, 4.69) is 79.1 Å². The lowest BCUT2D eigenvalue weighted by molar-refractivity contribution is -0.659. The molecule has 0 atom stereocenters. The summed E-state index contributed by atoms with van der Waals surface area (Å²) in [5, 5.41) is 4.67. The van der Waals surface area contributed by atoms with Gasteiger partial charge in [0.25, 0.3) is 0 Å². The number of aromatic nitrogens is 2. The van der Waals surface area contributed by atoms with Crippen LogP contribution in [0.5, 0.6) is 0 Å². The molecule has 3 heteroatoms. The molecule has 0 aliphatic carbocycles. The number of hydrogen-bond acceptors (Lipinski definition) is 2. The summed E-state index contributed by atoms with van der Waals surface area (Å²) in [6, 6.07) is 17.0. The molecule has 126 valence electrons. The maximum atomic E-state index is 6.28. The van der Waals surface area contributed by atoms with Gasteiger partial charge in [0.2, 0.25) is 11.4 Å². The fraction of sp³-hybridized carbons (Fsp3) is 0.130. The van der Waals surface area contributed by atoms with Crippen LogP contribution in [0.25, 0.3) is 44.1 Å². The van der Waals surface area contributed by atoms with Crippen LogP contribution < -0.4 is 4.57 Å². The summed E-state index contributed by atoms with van der Waals surface area (Å²) in [6.45, 7) is 4.30. The summed E-state index contributed by atoms with van der Waals surface area (Å²) < 4.78 is 8.46. The standard InChI is InChI=1S/C23H19N2O/c1-14-13-15(2)20(22-19(14)18-9-6-11-24-23(18)26-22)21-17-8-5-4-7-16(17)10-12-25(21)3/h4-13H,1-3H3/q+1. The first-order valence-electron chi connectivity index (χ1n) is 8.80. The van der Waals surface area contributed by atoms with Gasteiger partial charge in [0.15, 0.2) is 11.8 Å². The molecule has 26 heavy (non-hydrogen) atoms. The first-order chi connectivity index (χ1) is 12.6. The number of pyridine rings is 2. The molecule has 0 aliphatic heterocycles. The van der Waals surface area contributed by atoms with E-state index in [4.69, 9.17) is 4.42 Å². The van der Waals surface area contributed by atoms with E-state index in [1.165, 1.54) is 27.6 Å². The van der Waals surface area contributed by atoms with Gasteiger partial charge in [-0.05, 0) is 48.6 Å². The topological polar surface area (TPSA) is 29.9 Å². The third-order valence-electron chi connectivity index (χ3n) is 5.20. The number of hydrogen-bond donors (Lipinski definition) is 0. The SMILES string of the molecule is Cc1cc(C)c2c(oc3ncccc32)c1-c1c2ccccc2cc[n+]1C. The number of fused-ring (bicyclic) bond motifs is 4. The Hall–Kier alpha value is -3.20. The lowest BCUT2D eigenvalue weighted by Crippen LogP contribution is -2.30. The minimum atomic E-state index is 0.695. The van der Waals surface area contributed by atoms with Crippen molar-refractivity contribution in [3.63, 3.8) is 0 Å². The van der Waals surface area contributed by atoms with Crippen LogP contribution in [0, 0.1) is 13.8 Å². The van der Waals surface area contributed by atoms with E-state index >= 15 is 0 Å². The Kier molecular flexibility index (Phi) is 3.13. The molecule has 0 fully saturated rings. The molecular weight excluding hydrogens is 320 g/mol. The minimum Gasteiger partial charge on any atom is -0.437 e. The zero-order valence-corrected chi connectivity index (χ0v) is 15.1. The second-order valence-corrected chi connectivity index (χ2v) is 6.91. The Balaban J connectivity index is 2.02. The summed E-state index contributed by atoms with van der Waals surface area (Å²) in [5.41, 5.74) is 6.35. The average Bonchev–Trinajstić information content (AvgIpc) is 3.03. The van der Waals surface area contributed by atoms with Crippen molar-refractivity contribution in [1.82, 2.24) is 4.98 Å². The number of aryl methyl sites for hydroxylation is 3. The van der Waals surface area contributed by atoms with E-state index in [9.17, 15) is 0 Å². The Labute approximate surface area is 151 Å². The molecule has 0 spiro atoms. The molecule has 5 rings (SSSR count). The van der Waals surface area contributed by atoms with Gasteiger partial charge < -0.3 is 4.42 Å². The number of furan rings is 1. The van der Waals surface area contributed by atoms with E-state index in [-0.39, 0.29) is 0 Å². The third-order valence-corrected chi connectivity index (χ3v) is 5.20. The van der Waals surface area contributed by atoms with Crippen LogP contribution in [0.3, 0.4) is 0 Å². The molecule has 0 aliphatic rings. The van der Waals surface area contributed by atoms with Crippen LogP contribution in [-0.4, -0.2) is 4.98 Å². The predicted octanol–water partition coefficient (Wildman–Crippen LogP) is 5.24. The maximum Gasteiger partial charge on any atom is 0.227 e. The van der Waals surface area contributed by atoms with Gasteiger partial charge in [0.1, 0.15) is 7.05 Å². The van der Waals surface area contributed by atoms with Gasteiger partial charge in [0.05, 0.1) is 10.9 Å². The van der Waals surface area contributed by atoms with Gasteiger partial charge in [-0.2, -0.15) is 0 Å². The number of nitrogens with zero attached hydrogens (tertiary/aromatic N) is 2. The molecule has 0 saturated heterocycles. The molecule has 3 heterocycles. The summed E-state index contributed by atoms with van der Waals surface area (Å²) in [6.07, 6.45) is 3.90. The molecule has 0 amide bonds. The zero-order valence-electron chi connectivity index (χ0n) is 15.1. The molecular formula is C23H19N2O+. The first kappa shape index (κ1) is 15.1. The lowest BCUT2D eigenvalue weighted by Gasteiger charge is -2.10. The van der Waals surface area contributed by atoms with Crippen LogP contribution in [0.2, 0.25) is 0 Å². The highest BCUT2D eigenvalue weighted by Crippen LogP contribution is 2.40. The van der Waals surface area contributed by atoms with Gasteiger partial charge in [-0.1, -0.05) is 24.3 Å². The molecule has 3 aromatic heterocycles. The molecule has 5 aromatic rings. The van der Waals surface area contributed by atoms with Crippen molar-refractivity contribution in [2.45, 2.75) is 13.8 Å². The van der Waals surface area contributed by atoms with Gasteiger partial charge in [0, 0.05) is 23.0 Å². The van der Waals surface area contributed by atoms with E-state index in [0.717, 1.165) is 21.9 Å². The van der Waals surface area contributed by atoms with E-state index in [1.54, 1.807) is 6.20 Å². The normalized spacial score (nSPS) is 11.7. The van der Waals surface area contributed by atoms with Gasteiger partial charge in [-0.25, -0.2) is 9.55 Å². The first-order valence-corrected chi connectivity index (χ1v) is 8.80. The van der Waals surface area contributed by atoms with Gasteiger partial charge >= 0.3 is 0 Å². The maximum absolute atomic E-state index is 6.28. The van der Waals surface area contributed by atoms with Crippen LogP contribution in [0.4, 0.5) is 0 Å². The third kappa shape index (κ3) is 2.00. The largest absolute Gasteiger partial charge is 0.437 e. The van der Waals surface area contributed by atoms with E-state index in [1.807, 2.05) is 6.07 Å². The zero-order chi connectivity index (χ0) is 17.8. The smallest absolute Gasteiger partial charge is 0.227 e. The number of rotatable bonds is 1. The van der Waals surface area contributed by atoms with Crippen LogP contribution >= 0.6 is 0 Å². The van der Waals surface area contributed by atoms with Crippen LogP contribution in [-0.2, 0) is 7.05 Å². The quantitative estimate of drug-likeness (QED) is 0.391. The van der Waals surface area contributed by atoms with Crippen LogP contribution in [0.15, 0.2) is 65.3 Å². The highest BCUT2D eigenvalue weighted by Gasteiger charge is 2.24. The molecule has 0 saturated carbocycles. The summed E-state index contributed by atoms with van der Waals surface area (Å²) >= 11 is 0. The van der Waals surface area contributed by atoms with Crippen molar-refractivity contribution in [2.24, 2.45) is 7.05 Å². The van der Waals surface area contributed by atoms with E-state index in [0.29, 0.717) is 5.71 Å². The molecule has 0 unspecified atom stereocenters. The van der Waals surface area contributed by atoms with Crippen molar-refractivity contribution < 1.29 is 8.98 Å².